The molecule has 0 unspecified atom stereocenters. The van der Waals surface area contributed by atoms with Crippen molar-refractivity contribution in [2.24, 2.45) is 5.92 Å². The Morgan fingerprint density at radius 1 is 1.09 bits per heavy atom. The summed E-state index contributed by atoms with van der Waals surface area (Å²) >= 11 is 0. The SMILES string of the molecule is COc1ccc(C(=O)N(CC2CCC2)C[C@H]2CCCO2)cc1OC1CCN(C(C)C)CC1. The van der Waals surface area contributed by atoms with Crippen molar-refractivity contribution < 1.29 is 19.0 Å². The number of benzene rings is 1. The number of ether oxygens (including phenoxy) is 3. The van der Waals surface area contributed by atoms with E-state index in [2.05, 4.69) is 18.7 Å². The van der Waals surface area contributed by atoms with Crippen LogP contribution in [0.1, 0.15) is 69.2 Å². The lowest BCUT2D eigenvalue weighted by molar-refractivity contribution is 0.0446. The van der Waals surface area contributed by atoms with Crippen LogP contribution in [-0.2, 0) is 4.74 Å². The quantitative estimate of drug-likeness (QED) is 0.566. The molecule has 1 atom stereocenters. The van der Waals surface area contributed by atoms with Crippen LogP contribution in [0.2, 0.25) is 0 Å². The number of carbonyl (C=O) groups excluding carboxylic acids is 1. The summed E-state index contributed by atoms with van der Waals surface area (Å²) in [5.74, 6) is 2.08. The van der Waals surface area contributed by atoms with Crippen molar-refractivity contribution in [3.8, 4) is 11.5 Å². The summed E-state index contributed by atoms with van der Waals surface area (Å²) in [5, 5.41) is 0. The molecule has 6 heteroatoms. The van der Waals surface area contributed by atoms with Gasteiger partial charge in [0.15, 0.2) is 11.5 Å². The van der Waals surface area contributed by atoms with E-state index in [1.165, 1.54) is 19.3 Å². The van der Waals surface area contributed by atoms with Gasteiger partial charge in [-0.05, 0) is 76.5 Å². The molecule has 32 heavy (non-hydrogen) atoms. The number of nitrogens with zero attached hydrogens (tertiary/aromatic N) is 2. The highest BCUT2D eigenvalue weighted by Crippen LogP contribution is 2.33. The molecule has 0 aromatic heterocycles. The van der Waals surface area contributed by atoms with Gasteiger partial charge in [0, 0.05) is 44.4 Å². The van der Waals surface area contributed by atoms with Gasteiger partial charge in [-0.2, -0.15) is 0 Å². The second-order valence-corrected chi connectivity index (χ2v) is 9.95. The molecule has 0 spiro atoms. The van der Waals surface area contributed by atoms with Gasteiger partial charge < -0.3 is 24.0 Å². The second-order valence-electron chi connectivity index (χ2n) is 9.95. The summed E-state index contributed by atoms with van der Waals surface area (Å²) in [6.45, 7) is 8.89. The van der Waals surface area contributed by atoms with E-state index in [1.807, 2.05) is 23.1 Å². The maximum Gasteiger partial charge on any atom is 0.254 e. The highest BCUT2D eigenvalue weighted by molar-refractivity contribution is 5.95. The molecule has 4 rings (SSSR count). The highest BCUT2D eigenvalue weighted by Gasteiger charge is 2.29. The number of hydrogen-bond acceptors (Lipinski definition) is 5. The van der Waals surface area contributed by atoms with Crippen LogP contribution < -0.4 is 9.47 Å². The Balaban J connectivity index is 1.45. The number of amides is 1. The molecule has 3 aliphatic rings. The molecule has 1 saturated carbocycles. The van der Waals surface area contributed by atoms with E-state index >= 15 is 0 Å². The highest BCUT2D eigenvalue weighted by atomic mass is 16.5. The van der Waals surface area contributed by atoms with Crippen molar-refractivity contribution >= 4 is 5.91 Å². The average Bonchev–Trinajstić information content (AvgIpc) is 3.28. The molecule has 1 aliphatic carbocycles. The van der Waals surface area contributed by atoms with Gasteiger partial charge in [-0.1, -0.05) is 6.42 Å². The fraction of sp³-hybridized carbons (Fsp3) is 0.731. The molecule has 2 aliphatic heterocycles. The van der Waals surface area contributed by atoms with Gasteiger partial charge in [-0.25, -0.2) is 0 Å². The fourth-order valence-corrected chi connectivity index (χ4v) is 5.04. The Morgan fingerprint density at radius 3 is 2.47 bits per heavy atom. The molecule has 0 N–H and O–H groups in total. The second kappa shape index (κ2) is 10.9. The van der Waals surface area contributed by atoms with E-state index in [0.717, 1.165) is 51.9 Å². The van der Waals surface area contributed by atoms with Gasteiger partial charge >= 0.3 is 0 Å². The molecule has 3 fully saturated rings. The van der Waals surface area contributed by atoms with Gasteiger partial charge in [0.25, 0.3) is 5.91 Å². The predicted octanol–water partition coefficient (Wildman–Crippen LogP) is 4.37. The van der Waals surface area contributed by atoms with Crippen molar-refractivity contribution in [1.29, 1.82) is 0 Å². The molecular weight excluding hydrogens is 404 g/mol. The van der Waals surface area contributed by atoms with E-state index in [-0.39, 0.29) is 18.1 Å². The van der Waals surface area contributed by atoms with Crippen LogP contribution in [0, 0.1) is 5.92 Å². The molecule has 2 saturated heterocycles. The van der Waals surface area contributed by atoms with Crippen LogP contribution in [0.3, 0.4) is 0 Å². The van der Waals surface area contributed by atoms with Crippen LogP contribution in [0.4, 0.5) is 0 Å². The molecule has 0 bridgehead atoms. The minimum Gasteiger partial charge on any atom is -0.493 e. The minimum absolute atomic E-state index is 0.0783. The standard InChI is InChI=1S/C26H40N2O4/c1-19(2)27-13-11-22(12-14-27)32-25-16-21(9-10-24(25)30-3)26(29)28(17-20-6-4-7-20)18-23-8-5-15-31-23/h9-10,16,19-20,22-23H,4-8,11-15,17-18H2,1-3H3/t23-/m1/s1. The van der Waals surface area contributed by atoms with Crippen LogP contribution in [-0.4, -0.2) is 73.9 Å². The first kappa shape index (κ1) is 23.4. The first-order valence-electron chi connectivity index (χ1n) is 12.5. The van der Waals surface area contributed by atoms with E-state index in [1.54, 1.807) is 7.11 Å². The summed E-state index contributed by atoms with van der Waals surface area (Å²) in [4.78, 5) is 18.0. The smallest absolute Gasteiger partial charge is 0.254 e. The summed E-state index contributed by atoms with van der Waals surface area (Å²) in [6.07, 6.45) is 8.16. The molecule has 178 valence electrons. The zero-order chi connectivity index (χ0) is 22.5. The van der Waals surface area contributed by atoms with Gasteiger partial charge in [-0.3, -0.25) is 4.79 Å². The Labute approximate surface area is 193 Å². The maximum absolute atomic E-state index is 13.5. The summed E-state index contributed by atoms with van der Waals surface area (Å²) < 4.78 is 17.8. The topological polar surface area (TPSA) is 51.2 Å². The van der Waals surface area contributed by atoms with Crippen molar-refractivity contribution in [2.75, 3.05) is 39.9 Å². The maximum atomic E-state index is 13.5. The first-order valence-corrected chi connectivity index (χ1v) is 12.5. The lowest BCUT2D eigenvalue weighted by atomic mass is 9.85. The predicted molar refractivity (Wildman–Crippen MR) is 126 cm³/mol. The van der Waals surface area contributed by atoms with Crippen LogP contribution >= 0.6 is 0 Å². The third kappa shape index (κ3) is 5.76. The first-order chi connectivity index (χ1) is 15.5. The van der Waals surface area contributed by atoms with Gasteiger partial charge in [0.2, 0.25) is 0 Å². The number of rotatable bonds is 9. The Kier molecular flexibility index (Phi) is 7.95. The molecule has 0 radical (unpaired) electrons. The summed E-state index contributed by atoms with van der Waals surface area (Å²) in [7, 11) is 1.66. The van der Waals surface area contributed by atoms with Crippen LogP contribution in [0.5, 0.6) is 11.5 Å². The Bertz CT molecular complexity index is 750. The zero-order valence-corrected chi connectivity index (χ0v) is 20.1. The van der Waals surface area contributed by atoms with Crippen molar-refractivity contribution in [3.63, 3.8) is 0 Å². The van der Waals surface area contributed by atoms with Gasteiger partial charge in [-0.15, -0.1) is 0 Å². The number of likely N-dealkylation sites (tertiary alicyclic amines) is 1. The Morgan fingerprint density at radius 2 is 1.88 bits per heavy atom. The fourth-order valence-electron chi connectivity index (χ4n) is 5.04. The molecule has 2 heterocycles. The summed E-state index contributed by atoms with van der Waals surface area (Å²) in [5.41, 5.74) is 0.678. The normalized spacial score (nSPS) is 22.7. The van der Waals surface area contributed by atoms with Gasteiger partial charge in [0.1, 0.15) is 6.10 Å². The zero-order valence-electron chi connectivity index (χ0n) is 20.1. The monoisotopic (exact) mass is 444 g/mol. The number of piperidine rings is 1. The van der Waals surface area contributed by atoms with Crippen molar-refractivity contribution in [1.82, 2.24) is 9.80 Å². The molecule has 6 nitrogen and oxygen atoms in total. The van der Waals surface area contributed by atoms with Gasteiger partial charge in [0.05, 0.1) is 13.2 Å². The lowest BCUT2D eigenvalue weighted by Crippen LogP contribution is -2.42. The van der Waals surface area contributed by atoms with E-state index in [4.69, 9.17) is 14.2 Å². The van der Waals surface area contributed by atoms with Crippen molar-refractivity contribution in [3.05, 3.63) is 23.8 Å². The third-order valence-electron chi connectivity index (χ3n) is 7.35. The molecule has 1 aromatic carbocycles. The van der Waals surface area contributed by atoms with Crippen molar-refractivity contribution in [2.45, 2.75) is 77.0 Å². The van der Waals surface area contributed by atoms with E-state index in [9.17, 15) is 4.79 Å². The largest absolute Gasteiger partial charge is 0.493 e. The molecular formula is C26H40N2O4. The molecule has 1 aromatic rings. The lowest BCUT2D eigenvalue weighted by Gasteiger charge is -2.35. The van der Waals surface area contributed by atoms with E-state index < -0.39 is 0 Å². The average molecular weight is 445 g/mol. The number of methoxy groups -OCH3 is 1. The van der Waals surface area contributed by atoms with Crippen LogP contribution in [0.15, 0.2) is 18.2 Å². The number of hydrogen-bond donors (Lipinski definition) is 0. The Hall–Kier alpha value is -1.79. The van der Waals surface area contributed by atoms with Crippen LogP contribution in [0.25, 0.3) is 0 Å². The minimum atomic E-state index is 0.0783. The number of carbonyl (C=O) groups is 1. The third-order valence-corrected chi connectivity index (χ3v) is 7.35. The summed E-state index contributed by atoms with van der Waals surface area (Å²) in [6, 6.07) is 6.20. The van der Waals surface area contributed by atoms with E-state index in [0.29, 0.717) is 35.6 Å². The molecule has 1 amide bonds.